The first-order valence-corrected chi connectivity index (χ1v) is 14.3. The molecule has 1 N–H and O–H groups in total. The van der Waals surface area contributed by atoms with Gasteiger partial charge in [0, 0.05) is 59.6 Å². The maximum atomic E-state index is 13.2. The highest BCUT2D eigenvalue weighted by molar-refractivity contribution is 7.99. The smallest absolute Gasteiger partial charge is 0.416 e. The summed E-state index contributed by atoms with van der Waals surface area (Å²) < 4.78 is 45.8. The summed E-state index contributed by atoms with van der Waals surface area (Å²) >= 11 is 2.61. The zero-order valence-corrected chi connectivity index (χ0v) is 23.4. The molecule has 3 aromatic heterocycles. The highest BCUT2D eigenvalue weighted by Crippen LogP contribution is 2.39. The maximum absolute atomic E-state index is 13.2. The zero-order chi connectivity index (χ0) is 28.3. The summed E-state index contributed by atoms with van der Waals surface area (Å²) in [6.45, 7) is 4.85. The van der Waals surface area contributed by atoms with Gasteiger partial charge in [-0.15, -0.1) is 11.3 Å². The Morgan fingerprint density at radius 1 is 1.10 bits per heavy atom. The van der Waals surface area contributed by atoms with Gasteiger partial charge in [0.1, 0.15) is 5.75 Å². The SMILES string of the molecule is CC(=O)N1CCC(c2csc(Nc3ncc(Sc4cccc(C(F)(F)F)c4)cc3Oc3cccnc3C)n2)CC1. The fourth-order valence-corrected chi connectivity index (χ4v) is 6.01. The van der Waals surface area contributed by atoms with Gasteiger partial charge in [0.05, 0.1) is 17.0 Å². The Balaban J connectivity index is 1.38. The number of anilines is 2. The second-order valence-electron chi connectivity index (χ2n) is 9.32. The van der Waals surface area contributed by atoms with Crippen LogP contribution in [0.3, 0.4) is 0 Å². The molecule has 4 heterocycles. The lowest BCUT2D eigenvalue weighted by Gasteiger charge is -2.30. The molecule has 0 aliphatic carbocycles. The van der Waals surface area contributed by atoms with Crippen LogP contribution >= 0.6 is 23.1 Å². The third-order valence-electron chi connectivity index (χ3n) is 6.51. The van der Waals surface area contributed by atoms with Crippen LogP contribution in [0.4, 0.5) is 24.1 Å². The van der Waals surface area contributed by atoms with Gasteiger partial charge in [-0.3, -0.25) is 9.78 Å². The number of benzene rings is 1. The van der Waals surface area contributed by atoms with Crippen molar-refractivity contribution in [1.82, 2.24) is 19.9 Å². The number of amides is 1. The van der Waals surface area contributed by atoms with Gasteiger partial charge < -0.3 is 15.0 Å². The third kappa shape index (κ3) is 6.73. The average molecular weight is 586 g/mol. The minimum absolute atomic E-state index is 0.0937. The Morgan fingerprint density at radius 3 is 2.62 bits per heavy atom. The normalized spacial score (nSPS) is 14.3. The van der Waals surface area contributed by atoms with E-state index >= 15 is 0 Å². The number of aryl methyl sites for hydroxylation is 1. The van der Waals surface area contributed by atoms with Gasteiger partial charge in [0.15, 0.2) is 16.7 Å². The molecule has 1 fully saturated rings. The van der Waals surface area contributed by atoms with Crippen LogP contribution in [0.15, 0.2) is 70.0 Å². The summed E-state index contributed by atoms with van der Waals surface area (Å²) in [6, 6.07) is 10.4. The van der Waals surface area contributed by atoms with Crippen molar-refractivity contribution in [3.63, 3.8) is 0 Å². The van der Waals surface area contributed by atoms with E-state index in [9.17, 15) is 18.0 Å². The monoisotopic (exact) mass is 585 g/mol. The van der Waals surface area contributed by atoms with Crippen LogP contribution in [0.1, 0.15) is 42.6 Å². The first kappa shape index (κ1) is 27.9. The quantitative estimate of drug-likeness (QED) is 0.238. The van der Waals surface area contributed by atoms with Crippen molar-refractivity contribution in [1.29, 1.82) is 0 Å². The lowest BCUT2D eigenvalue weighted by atomic mass is 9.94. The molecule has 1 saturated heterocycles. The number of ether oxygens (including phenoxy) is 1. The molecule has 1 aliphatic rings. The van der Waals surface area contributed by atoms with E-state index in [0.29, 0.717) is 37.9 Å². The molecule has 1 amide bonds. The molecule has 0 spiro atoms. The molecule has 0 saturated carbocycles. The number of carbonyl (C=O) groups is 1. The summed E-state index contributed by atoms with van der Waals surface area (Å²) in [5.41, 5.74) is 0.938. The first-order chi connectivity index (χ1) is 19.2. The lowest BCUT2D eigenvalue weighted by molar-refractivity contribution is -0.137. The van der Waals surface area contributed by atoms with E-state index in [-0.39, 0.29) is 11.8 Å². The number of pyridine rings is 2. The molecule has 208 valence electrons. The second kappa shape index (κ2) is 11.8. The van der Waals surface area contributed by atoms with E-state index in [1.54, 1.807) is 43.6 Å². The molecule has 0 atom stereocenters. The van der Waals surface area contributed by atoms with Gasteiger partial charge in [-0.2, -0.15) is 13.2 Å². The summed E-state index contributed by atoms with van der Waals surface area (Å²) in [5, 5.41) is 5.90. The number of rotatable bonds is 7. The molecular formula is C28H26F3N5O2S2. The molecule has 0 unspecified atom stereocenters. The van der Waals surface area contributed by atoms with Gasteiger partial charge in [-0.1, -0.05) is 17.8 Å². The van der Waals surface area contributed by atoms with Gasteiger partial charge in [0.2, 0.25) is 5.91 Å². The molecular weight excluding hydrogens is 559 g/mol. The van der Waals surface area contributed by atoms with Crippen molar-refractivity contribution in [3.8, 4) is 11.5 Å². The largest absolute Gasteiger partial charge is 0.452 e. The van der Waals surface area contributed by atoms with Crippen molar-refractivity contribution in [2.45, 2.75) is 48.6 Å². The number of hydrogen-bond donors (Lipinski definition) is 1. The van der Waals surface area contributed by atoms with Gasteiger partial charge >= 0.3 is 6.18 Å². The summed E-state index contributed by atoms with van der Waals surface area (Å²) in [5.74, 6) is 1.71. The number of piperidine rings is 1. The van der Waals surface area contributed by atoms with Crippen LogP contribution in [-0.4, -0.2) is 38.8 Å². The van der Waals surface area contributed by atoms with E-state index in [1.165, 1.54) is 17.4 Å². The predicted octanol–water partition coefficient (Wildman–Crippen LogP) is 7.67. The number of carbonyl (C=O) groups excluding carboxylic acids is 1. The molecule has 5 rings (SSSR count). The van der Waals surface area contributed by atoms with Gasteiger partial charge in [0.25, 0.3) is 0 Å². The molecule has 40 heavy (non-hydrogen) atoms. The first-order valence-electron chi connectivity index (χ1n) is 12.6. The lowest BCUT2D eigenvalue weighted by Crippen LogP contribution is -2.36. The van der Waals surface area contributed by atoms with Crippen molar-refractivity contribution in [2.24, 2.45) is 0 Å². The van der Waals surface area contributed by atoms with Crippen molar-refractivity contribution >= 4 is 40.0 Å². The molecule has 0 radical (unpaired) electrons. The minimum Gasteiger partial charge on any atom is -0.452 e. The number of likely N-dealkylation sites (tertiary alicyclic amines) is 1. The van der Waals surface area contributed by atoms with E-state index < -0.39 is 11.7 Å². The van der Waals surface area contributed by atoms with E-state index in [2.05, 4.69) is 15.3 Å². The fourth-order valence-electron chi connectivity index (χ4n) is 4.34. The number of nitrogens with one attached hydrogen (secondary N) is 1. The Bertz CT molecular complexity index is 1500. The Kier molecular flexibility index (Phi) is 8.27. The van der Waals surface area contributed by atoms with Gasteiger partial charge in [-0.05, 0) is 50.1 Å². The molecule has 1 aliphatic heterocycles. The molecule has 0 bridgehead atoms. The van der Waals surface area contributed by atoms with Crippen LogP contribution < -0.4 is 10.1 Å². The number of nitrogens with zero attached hydrogens (tertiary/aromatic N) is 4. The summed E-state index contributed by atoms with van der Waals surface area (Å²) in [7, 11) is 0. The van der Waals surface area contributed by atoms with Crippen LogP contribution in [0, 0.1) is 6.92 Å². The van der Waals surface area contributed by atoms with Crippen molar-refractivity contribution < 1.29 is 22.7 Å². The van der Waals surface area contributed by atoms with Crippen molar-refractivity contribution in [3.05, 3.63) is 77.2 Å². The zero-order valence-electron chi connectivity index (χ0n) is 21.7. The highest BCUT2D eigenvalue weighted by atomic mass is 32.2. The van der Waals surface area contributed by atoms with Crippen LogP contribution in [0.25, 0.3) is 0 Å². The Labute approximate surface area is 237 Å². The number of alkyl halides is 3. The van der Waals surface area contributed by atoms with Gasteiger partial charge in [-0.25, -0.2) is 9.97 Å². The second-order valence-corrected chi connectivity index (χ2v) is 11.3. The average Bonchev–Trinajstić information content (AvgIpc) is 3.40. The van der Waals surface area contributed by atoms with Crippen LogP contribution in [-0.2, 0) is 11.0 Å². The van der Waals surface area contributed by atoms with E-state index in [4.69, 9.17) is 9.72 Å². The third-order valence-corrected chi connectivity index (χ3v) is 8.23. The number of hydrogen-bond acceptors (Lipinski definition) is 8. The minimum atomic E-state index is -4.42. The van der Waals surface area contributed by atoms with Crippen LogP contribution in [0.2, 0.25) is 0 Å². The summed E-state index contributed by atoms with van der Waals surface area (Å²) in [4.78, 5) is 28.1. The molecule has 1 aromatic carbocycles. The van der Waals surface area contributed by atoms with E-state index in [0.717, 1.165) is 55.5 Å². The molecule has 12 heteroatoms. The summed E-state index contributed by atoms with van der Waals surface area (Å²) in [6.07, 6.45) is 0.541. The fraction of sp³-hybridized carbons (Fsp3) is 0.286. The predicted molar refractivity (Wildman–Crippen MR) is 148 cm³/mol. The maximum Gasteiger partial charge on any atom is 0.416 e. The molecule has 7 nitrogen and oxygen atoms in total. The topological polar surface area (TPSA) is 80.2 Å². The Morgan fingerprint density at radius 2 is 1.90 bits per heavy atom. The number of aromatic nitrogens is 3. The van der Waals surface area contributed by atoms with Crippen LogP contribution in [0.5, 0.6) is 11.5 Å². The standard InChI is InChI=1S/C28H26F3N5O2S2/c1-17-24(7-4-10-32-17)38-25-14-22(40-21-6-3-5-20(13-21)28(29,30)31)15-33-26(25)35-27-34-23(16-39-27)19-8-11-36(12-9-19)18(2)37/h3-7,10,13-16,19H,8-9,11-12H2,1-2H3,(H,33,34,35). The van der Waals surface area contributed by atoms with E-state index in [1.807, 2.05) is 17.2 Å². The van der Waals surface area contributed by atoms with Crippen molar-refractivity contribution in [2.75, 3.05) is 18.4 Å². The number of halogens is 3. The number of thiazole rings is 1. The highest BCUT2D eigenvalue weighted by Gasteiger charge is 2.30. The Hall–Kier alpha value is -3.64. The molecule has 4 aromatic rings.